The first-order valence-electron chi connectivity index (χ1n) is 25.9. The number of halogens is 18. The highest BCUT2D eigenvalue weighted by molar-refractivity contribution is 7.97. The maximum Gasteiger partial charge on any atom is 0.460 e. The molecule has 7 nitrogen and oxygen atoms in total. The standard InChI is InChI=1S/C52H60OS2.2C4HF9O3S/c1-49(2,3)37-13-25-43(26-14-37)54(44-27-15-38(16-28-44)50(4,5)6)47-33-21-41(22-34-47)53-42-23-35-48(36-24-42)55(45-29-17-39(18-30-45)51(7,8)9)46-31-19-40(20-32-46)52(10,11)12;2*5-1(6,3(9,10)11)2(7,8)4(12,13)17(14,15)16/h13-36H,1-12H3;2*(H,14,15,16)/q+2;;/p-2. The molecule has 0 saturated carbocycles. The van der Waals surface area contributed by atoms with Crippen LogP contribution in [0.1, 0.15) is 105 Å². The van der Waals surface area contributed by atoms with Gasteiger partial charge in [0.1, 0.15) is 11.5 Å². The van der Waals surface area contributed by atoms with Crippen LogP contribution in [0.2, 0.25) is 0 Å². The van der Waals surface area contributed by atoms with Crippen LogP contribution in [0.25, 0.3) is 0 Å². The predicted molar refractivity (Wildman–Crippen MR) is 299 cm³/mol. The van der Waals surface area contributed by atoms with Gasteiger partial charge in [0.2, 0.25) is 0 Å². The molecule has 0 amide bonds. The Kier molecular flexibility index (Phi) is 22.0. The topological polar surface area (TPSA) is 124 Å². The van der Waals surface area contributed by atoms with Gasteiger partial charge < -0.3 is 13.8 Å². The Hall–Kier alpha value is -5.62. The molecule has 0 aromatic heterocycles. The van der Waals surface area contributed by atoms with Crippen molar-refractivity contribution in [3.8, 4) is 11.5 Å². The third-order valence-electron chi connectivity index (χ3n) is 13.0. The summed E-state index contributed by atoms with van der Waals surface area (Å²) in [6, 6.07) is 54.4. The van der Waals surface area contributed by atoms with E-state index in [0.29, 0.717) is 0 Å². The van der Waals surface area contributed by atoms with Gasteiger partial charge in [-0.3, -0.25) is 0 Å². The Bertz CT molecular complexity index is 3220. The van der Waals surface area contributed by atoms with Gasteiger partial charge in [-0.15, -0.1) is 0 Å². The van der Waals surface area contributed by atoms with Gasteiger partial charge in [-0.2, -0.15) is 79.0 Å². The Morgan fingerprint density at radius 1 is 0.281 bits per heavy atom. The monoisotopic (exact) mass is 1360 g/mol. The Balaban J connectivity index is 0.000000406. The molecule has 6 aromatic rings. The summed E-state index contributed by atoms with van der Waals surface area (Å²) in [6.07, 6.45) is -14.3. The van der Waals surface area contributed by atoms with E-state index in [0.717, 1.165) is 11.5 Å². The molecule has 0 aliphatic rings. The summed E-state index contributed by atoms with van der Waals surface area (Å²) in [5, 5.41) is -14.2. The van der Waals surface area contributed by atoms with E-state index in [2.05, 4.69) is 229 Å². The summed E-state index contributed by atoms with van der Waals surface area (Å²) < 4.78 is 277. The minimum absolute atomic E-state index is 0.111. The molecule has 0 bridgehead atoms. The molecule has 0 aliphatic heterocycles. The molecule has 29 heteroatoms. The van der Waals surface area contributed by atoms with E-state index in [1.165, 1.54) is 51.6 Å². The third-order valence-corrected chi connectivity index (χ3v) is 19.3. The lowest BCUT2D eigenvalue weighted by molar-refractivity contribution is -0.382. The molecule has 6 rings (SSSR count). The van der Waals surface area contributed by atoms with Crippen LogP contribution in [0.5, 0.6) is 11.5 Å². The number of benzene rings is 6. The van der Waals surface area contributed by atoms with Crippen molar-refractivity contribution in [3.05, 3.63) is 168 Å². The zero-order valence-electron chi connectivity index (χ0n) is 49.2. The normalized spacial score (nSPS) is 14.0. The molecule has 0 N–H and O–H groups in total. The molecule has 0 saturated heterocycles. The third kappa shape index (κ3) is 16.7. The second-order valence-electron chi connectivity index (χ2n) is 24.0. The lowest BCUT2D eigenvalue weighted by Gasteiger charge is -2.34. The van der Waals surface area contributed by atoms with E-state index in [1.807, 2.05) is 0 Å². The van der Waals surface area contributed by atoms with E-state index in [9.17, 15) is 105 Å². The number of ether oxygens (including phenoxy) is 1. The van der Waals surface area contributed by atoms with Gasteiger partial charge >= 0.3 is 46.6 Å². The van der Waals surface area contributed by atoms with Gasteiger partial charge in [0.25, 0.3) is 0 Å². The van der Waals surface area contributed by atoms with E-state index in [-0.39, 0.29) is 43.4 Å². The zero-order valence-corrected chi connectivity index (χ0v) is 52.4. The average Bonchev–Trinajstić information content (AvgIpc) is 0.819. The van der Waals surface area contributed by atoms with Gasteiger partial charge in [-0.25, -0.2) is 16.8 Å². The Labute approximate surface area is 509 Å². The molecular formula is C60H60F18O7S4. The van der Waals surface area contributed by atoms with Crippen molar-refractivity contribution in [3.63, 3.8) is 0 Å². The summed E-state index contributed by atoms with van der Waals surface area (Å²) in [6.45, 7) is 27.3. The van der Waals surface area contributed by atoms with Crippen molar-refractivity contribution in [2.75, 3.05) is 0 Å². The first-order valence-corrected chi connectivity index (χ1v) is 31.1. The summed E-state index contributed by atoms with van der Waals surface area (Å²) in [7, 11) is -15.3. The highest BCUT2D eigenvalue weighted by Crippen LogP contribution is 2.56. The number of alkyl halides is 18. The minimum atomic E-state index is -7.43. The van der Waals surface area contributed by atoms with Crippen molar-refractivity contribution >= 4 is 42.0 Å². The zero-order chi connectivity index (χ0) is 68.8. The Morgan fingerprint density at radius 3 is 0.573 bits per heavy atom. The lowest BCUT2D eigenvalue weighted by Crippen LogP contribution is -2.63. The van der Waals surface area contributed by atoms with Gasteiger partial charge in [-0.05, 0) is 141 Å². The molecular weight excluding hydrogens is 1300 g/mol. The molecule has 0 spiro atoms. The van der Waals surface area contributed by atoms with Crippen molar-refractivity contribution < 1.29 is 110 Å². The van der Waals surface area contributed by atoms with E-state index in [1.54, 1.807) is 0 Å². The van der Waals surface area contributed by atoms with Crippen LogP contribution in [-0.4, -0.2) is 72.5 Å². The lowest BCUT2D eigenvalue weighted by atomic mass is 9.87. The van der Waals surface area contributed by atoms with Crippen molar-refractivity contribution in [2.24, 2.45) is 0 Å². The molecule has 0 aliphatic carbocycles. The largest absolute Gasteiger partial charge is 0.743 e. The fourth-order valence-corrected chi connectivity index (χ4v) is 12.6. The number of hydrogen-bond donors (Lipinski definition) is 0. The highest BCUT2D eigenvalue weighted by Gasteiger charge is 2.85. The van der Waals surface area contributed by atoms with E-state index < -0.39 is 66.8 Å². The summed E-state index contributed by atoms with van der Waals surface area (Å²) in [5.74, 6) is -28.0. The highest BCUT2D eigenvalue weighted by atomic mass is 32.2. The van der Waals surface area contributed by atoms with E-state index in [4.69, 9.17) is 4.74 Å². The number of hydrogen-bond acceptors (Lipinski definition) is 7. The summed E-state index contributed by atoms with van der Waals surface area (Å²) >= 11 is 0. The predicted octanol–water partition coefficient (Wildman–Crippen LogP) is 18.8. The summed E-state index contributed by atoms with van der Waals surface area (Å²) in [5.41, 5.74) is 5.84. The van der Waals surface area contributed by atoms with Gasteiger partial charge in [0.05, 0.1) is 21.8 Å². The SMILES string of the molecule is CC(C)(C)c1ccc([S+](c2ccc(Oc3ccc([S+](c4ccc(C(C)(C)C)cc4)c4ccc(C(C)(C)C)cc4)cc3)cc2)c2ccc(C(C)(C)C)cc2)cc1.O=S(=O)([O-])C(F)(F)C(F)(F)C(F)(F)C(F)(F)F.O=S(=O)([O-])C(F)(F)C(F)(F)C(F)(F)C(F)(F)F. The van der Waals surface area contributed by atoms with Crippen LogP contribution in [0.3, 0.4) is 0 Å². The van der Waals surface area contributed by atoms with Gasteiger partial charge in [-0.1, -0.05) is 132 Å². The fraction of sp³-hybridized carbons (Fsp3) is 0.400. The smallest absolute Gasteiger partial charge is 0.460 e. The van der Waals surface area contributed by atoms with Crippen LogP contribution < -0.4 is 4.74 Å². The van der Waals surface area contributed by atoms with Gasteiger partial charge in [0, 0.05) is 0 Å². The fourth-order valence-electron chi connectivity index (χ4n) is 7.64. The van der Waals surface area contributed by atoms with Crippen LogP contribution in [-0.2, 0) is 63.7 Å². The molecule has 89 heavy (non-hydrogen) atoms. The second kappa shape index (κ2) is 25.8. The molecule has 6 aromatic carbocycles. The van der Waals surface area contributed by atoms with Crippen LogP contribution in [0.4, 0.5) is 79.0 Å². The van der Waals surface area contributed by atoms with Crippen molar-refractivity contribution in [2.45, 2.75) is 181 Å². The van der Waals surface area contributed by atoms with E-state index >= 15 is 0 Å². The second-order valence-corrected chi connectivity index (χ2v) is 30.9. The van der Waals surface area contributed by atoms with Crippen LogP contribution in [0, 0.1) is 0 Å². The summed E-state index contributed by atoms with van der Waals surface area (Å²) in [4.78, 5) is 7.81. The molecule has 492 valence electrons. The minimum Gasteiger partial charge on any atom is -0.743 e. The molecule has 0 radical (unpaired) electrons. The van der Waals surface area contributed by atoms with Crippen molar-refractivity contribution in [1.82, 2.24) is 0 Å². The number of rotatable bonds is 14. The first-order chi connectivity index (χ1) is 39.8. The maximum absolute atomic E-state index is 12.2. The molecule has 0 heterocycles. The molecule has 0 atom stereocenters. The quantitative estimate of drug-likeness (QED) is 0.0604. The van der Waals surface area contributed by atoms with Crippen LogP contribution >= 0.6 is 0 Å². The molecule has 0 unspecified atom stereocenters. The Morgan fingerprint density at radius 2 is 0.438 bits per heavy atom. The first kappa shape index (κ1) is 75.8. The van der Waals surface area contributed by atoms with Crippen LogP contribution in [0.15, 0.2) is 175 Å². The molecule has 0 fully saturated rings. The maximum atomic E-state index is 12.2. The van der Waals surface area contributed by atoms with Gasteiger partial charge in [0.15, 0.2) is 49.6 Å². The van der Waals surface area contributed by atoms with Crippen molar-refractivity contribution in [1.29, 1.82) is 0 Å². The average molecular weight is 1360 g/mol.